The quantitative estimate of drug-likeness (QED) is 0.669. The zero-order chi connectivity index (χ0) is 14.2. The van der Waals surface area contributed by atoms with E-state index in [-0.39, 0.29) is 0 Å². The van der Waals surface area contributed by atoms with E-state index in [1.165, 1.54) is 10.7 Å². The number of nitrogens with zero attached hydrogens (tertiary/aromatic N) is 4. The van der Waals surface area contributed by atoms with Crippen LogP contribution in [0.5, 0.6) is 0 Å². The molecule has 19 heavy (non-hydrogen) atoms. The maximum absolute atomic E-state index is 13.5. The number of nitro groups is 1. The molecule has 0 aliphatic carbocycles. The lowest BCUT2D eigenvalue weighted by atomic mass is 10.0. The molecule has 1 heterocycles. The third kappa shape index (κ3) is 2.58. The molecule has 0 saturated carbocycles. The first-order valence-electron chi connectivity index (χ1n) is 5.45. The van der Waals surface area contributed by atoms with Crippen molar-refractivity contribution in [3.05, 3.63) is 46.0 Å². The van der Waals surface area contributed by atoms with Crippen molar-refractivity contribution in [2.24, 2.45) is 5.73 Å². The van der Waals surface area contributed by atoms with Crippen LogP contribution >= 0.6 is 0 Å². The molecule has 7 nitrogen and oxygen atoms in total. The summed E-state index contributed by atoms with van der Waals surface area (Å²) in [6, 6.07) is 3.50. The molecule has 0 spiro atoms. The van der Waals surface area contributed by atoms with Gasteiger partial charge in [0, 0.05) is 12.1 Å². The van der Waals surface area contributed by atoms with Crippen molar-refractivity contribution >= 4 is 5.69 Å². The largest absolute Gasteiger partial charge is 0.320 e. The lowest BCUT2D eigenvalue weighted by Crippen LogP contribution is -2.29. The van der Waals surface area contributed by atoms with Gasteiger partial charge in [-0.2, -0.15) is 4.39 Å². The smallest absolute Gasteiger partial charge is 0.304 e. The van der Waals surface area contributed by atoms with Gasteiger partial charge in [0.15, 0.2) is 0 Å². The molecule has 1 aromatic heterocycles. The van der Waals surface area contributed by atoms with Gasteiger partial charge in [-0.25, -0.2) is 4.68 Å². The lowest BCUT2D eigenvalue weighted by molar-refractivity contribution is -0.387. The van der Waals surface area contributed by atoms with Gasteiger partial charge in [0.05, 0.1) is 22.3 Å². The number of nitro benzene ring substituents is 1. The topological polar surface area (TPSA) is 99.9 Å². The van der Waals surface area contributed by atoms with E-state index in [0.717, 1.165) is 12.1 Å². The van der Waals surface area contributed by atoms with Crippen LogP contribution in [-0.4, -0.2) is 19.9 Å². The van der Waals surface area contributed by atoms with Crippen LogP contribution < -0.4 is 5.73 Å². The summed E-state index contributed by atoms with van der Waals surface area (Å²) in [4.78, 5) is 9.74. The highest BCUT2D eigenvalue weighted by molar-refractivity contribution is 5.41. The summed E-state index contributed by atoms with van der Waals surface area (Å²) < 4.78 is 14.8. The van der Waals surface area contributed by atoms with E-state index in [1.54, 1.807) is 20.0 Å². The zero-order valence-electron chi connectivity index (χ0n) is 10.4. The fraction of sp³-hybridized carbons (Fsp3) is 0.273. The van der Waals surface area contributed by atoms with Crippen molar-refractivity contribution < 1.29 is 9.31 Å². The molecule has 0 atom stereocenters. The number of aromatic nitrogens is 3. The number of benzene rings is 1. The molecule has 1 aromatic carbocycles. The monoisotopic (exact) mass is 265 g/mol. The Hall–Kier alpha value is -2.35. The zero-order valence-corrected chi connectivity index (χ0v) is 10.4. The van der Waals surface area contributed by atoms with Gasteiger partial charge in [0.2, 0.25) is 5.82 Å². The van der Waals surface area contributed by atoms with E-state index in [4.69, 9.17) is 5.73 Å². The second-order valence-electron chi connectivity index (χ2n) is 4.66. The summed E-state index contributed by atoms with van der Waals surface area (Å²) in [5.74, 6) is -0.924. The van der Waals surface area contributed by atoms with E-state index < -0.39 is 22.0 Å². The summed E-state index contributed by atoms with van der Waals surface area (Å²) in [5.41, 5.74) is 5.49. The van der Waals surface area contributed by atoms with Crippen LogP contribution in [0.3, 0.4) is 0 Å². The average molecular weight is 265 g/mol. The Bertz CT molecular complexity index is 632. The molecule has 0 fully saturated rings. The molecule has 0 saturated heterocycles. The van der Waals surface area contributed by atoms with Crippen molar-refractivity contribution in [2.45, 2.75) is 19.4 Å². The number of hydrogen-bond donors (Lipinski definition) is 1. The Kier molecular flexibility index (Phi) is 3.03. The summed E-state index contributed by atoms with van der Waals surface area (Å²) in [6.45, 7) is 3.52. The van der Waals surface area contributed by atoms with Crippen LogP contribution in [-0.2, 0) is 5.54 Å². The van der Waals surface area contributed by atoms with Gasteiger partial charge in [-0.1, -0.05) is 5.21 Å². The van der Waals surface area contributed by atoms with E-state index in [0.29, 0.717) is 11.4 Å². The number of nitrogens with two attached hydrogens (primary N) is 1. The Labute approximate surface area is 108 Å². The molecule has 0 amide bonds. The standard InChI is InChI=1S/C11H12FN5O2/c1-11(2,13)10-6-16(15-14-10)7-3-4-9(17(18)19)8(12)5-7/h3-6H,13H2,1-2H3. The van der Waals surface area contributed by atoms with E-state index >= 15 is 0 Å². The van der Waals surface area contributed by atoms with Crippen molar-refractivity contribution in [3.63, 3.8) is 0 Å². The van der Waals surface area contributed by atoms with E-state index in [2.05, 4.69) is 10.3 Å². The molecular weight excluding hydrogens is 253 g/mol. The van der Waals surface area contributed by atoms with Gasteiger partial charge in [-0.3, -0.25) is 10.1 Å². The van der Waals surface area contributed by atoms with Gasteiger partial charge in [0.25, 0.3) is 0 Å². The lowest BCUT2D eigenvalue weighted by Gasteiger charge is -2.13. The molecule has 0 aliphatic rings. The van der Waals surface area contributed by atoms with Crippen molar-refractivity contribution in [1.29, 1.82) is 0 Å². The van der Waals surface area contributed by atoms with Crippen molar-refractivity contribution in [1.82, 2.24) is 15.0 Å². The van der Waals surface area contributed by atoms with Gasteiger partial charge >= 0.3 is 5.69 Å². The first-order valence-corrected chi connectivity index (χ1v) is 5.45. The predicted octanol–water partition coefficient (Wildman–Crippen LogP) is 1.51. The Morgan fingerprint density at radius 3 is 2.63 bits per heavy atom. The minimum absolute atomic E-state index is 0.339. The van der Waals surface area contributed by atoms with Gasteiger partial charge in [0.1, 0.15) is 5.69 Å². The number of halogens is 1. The molecule has 0 radical (unpaired) electrons. The second-order valence-corrected chi connectivity index (χ2v) is 4.66. The molecule has 2 aromatic rings. The van der Waals surface area contributed by atoms with Crippen LogP contribution in [0.25, 0.3) is 5.69 Å². The van der Waals surface area contributed by atoms with Crippen LogP contribution in [0.15, 0.2) is 24.4 Å². The Balaban J connectivity index is 2.40. The Morgan fingerprint density at radius 1 is 1.47 bits per heavy atom. The molecule has 0 unspecified atom stereocenters. The van der Waals surface area contributed by atoms with Crippen LogP contribution in [0.2, 0.25) is 0 Å². The molecule has 2 rings (SSSR count). The molecule has 8 heteroatoms. The molecule has 0 aliphatic heterocycles. The Morgan fingerprint density at radius 2 is 2.16 bits per heavy atom. The normalized spacial score (nSPS) is 11.6. The number of rotatable bonds is 3. The van der Waals surface area contributed by atoms with Crippen molar-refractivity contribution in [2.75, 3.05) is 0 Å². The highest BCUT2D eigenvalue weighted by Gasteiger charge is 2.20. The third-order valence-electron chi connectivity index (χ3n) is 2.55. The van der Waals surface area contributed by atoms with Crippen LogP contribution in [0.4, 0.5) is 10.1 Å². The summed E-state index contributed by atoms with van der Waals surface area (Å²) in [6.07, 6.45) is 1.56. The van der Waals surface area contributed by atoms with Gasteiger partial charge in [-0.15, -0.1) is 5.10 Å². The van der Waals surface area contributed by atoms with Crippen LogP contribution in [0.1, 0.15) is 19.5 Å². The molecule has 100 valence electrons. The van der Waals surface area contributed by atoms with Gasteiger partial charge < -0.3 is 5.73 Å². The summed E-state index contributed by atoms with van der Waals surface area (Å²) >= 11 is 0. The first-order chi connectivity index (χ1) is 8.79. The third-order valence-corrected chi connectivity index (χ3v) is 2.55. The second kappa shape index (κ2) is 4.39. The first kappa shape index (κ1) is 13.1. The van der Waals surface area contributed by atoms with E-state index in [9.17, 15) is 14.5 Å². The minimum atomic E-state index is -0.924. The van der Waals surface area contributed by atoms with E-state index in [1.807, 2.05) is 0 Å². The number of hydrogen-bond acceptors (Lipinski definition) is 5. The average Bonchev–Trinajstić information content (AvgIpc) is 2.76. The molecular formula is C11H12FN5O2. The highest BCUT2D eigenvalue weighted by atomic mass is 19.1. The summed E-state index contributed by atoms with van der Waals surface area (Å²) in [5, 5.41) is 18.2. The molecule has 0 bridgehead atoms. The minimum Gasteiger partial charge on any atom is -0.320 e. The predicted molar refractivity (Wildman–Crippen MR) is 65.2 cm³/mol. The summed E-state index contributed by atoms with van der Waals surface area (Å²) in [7, 11) is 0. The highest BCUT2D eigenvalue weighted by Crippen LogP contribution is 2.21. The maximum Gasteiger partial charge on any atom is 0.304 e. The SMILES string of the molecule is CC(C)(N)c1cn(-c2ccc([N+](=O)[O-])c(F)c2)nn1. The van der Waals surface area contributed by atoms with Crippen molar-refractivity contribution in [3.8, 4) is 5.69 Å². The van der Waals surface area contributed by atoms with Gasteiger partial charge in [-0.05, 0) is 19.9 Å². The maximum atomic E-state index is 13.5. The van der Waals surface area contributed by atoms with Crippen LogP contribution in [0, 0.1) is 15.9 Å². The fourth-order valence-corrected chi connectivity index (χ4v) is 1.47. The fourth-order valence-electron chi connectivity index (χ4n) is 1.47. The molecule has 2 N–H and O–H groups in total.